The first-order valence-electron chi connectivity index (χ1n) is 11.4. The van der Waals surface area contributed by atoms with E-state index in [1.54, 1.807) is 0 Å². The van der Waals surface area contributed by atoms with Crippen LogP contribution in [0.25, 0.3) is 0 Å². The van der Waals surface area contributed by atoms with E-state index in [0.29, 0.717) is 24.4 Å². The van der Waals surface area contributed by atoms with Gasteiger partial charge in [0.05, 0.1) is 6.10 Å². The van der Waals surface area contributed by atoms with Crippen molar-refractivity contribution < 1.29 is 24.2 Å². The highest BCUT2D eigenvalue weighted by Crippen LogP contribution is 2.67. The molecule has 3 fully saturated rings. The summed E-state index contributed by atoms with van der Waals surface area (Å²) in [6.07, 6.45) is 8.67. The third kappa shape index (κ3) is 3.24. The molecule has 0 saturated heterocycles. The monoisotopic (exact) mass is 404 g/mol. The molecule has 0 radical (unpaired) electrons. The maximum Gasteiger partial charge on any atom is 0.302 e. The third-order valence-electron chi connectivity index (χ3n) is 9.05. The van der Waals surface area contributed by atoms with Gasteiger partial charge in [-0.05, 0) is 68.6 Å². The molecule has 162 valence electrons. The average Bonchev–Trinajstić information content (AvgIpc) is 2.96. The first-order valence-corrected chi connectivity index (χ1v) is 11.4. The number of carbonyl (C=O) groups is 2. The molecule has 0 heterocycles. The highest BCUT2D eigenvalue weighted by Gasteiger charge is 2.62. The van der Waals surface area contributed by atoms with Crippen molar-refractivity contribution in [1.82, 2.24) is 0 Å². The molecule has 8 atom stereocenters. The largest absolute Gasteiger partial charge is 0.465 e. The molecule has 0 aromatic heterocycles. The Morgan fingerprint density at radius 1 is 1.14 bits per heavy atom. The lowest BCUT2D eigenvalue weighted by molar-refractivity contribution is -0.162. The minimum atomic E-state index is -0.393. The molecule has 0 unspecified atom stereocenters. The Balaban J connectivity index is 1.68. The van der Waals surface area contributed by atoms with Gasteiger partial charge in [0.25, 0.3) is 0 Å². The van der Waals surface area contributed by atoms with Crippen molar-refractivity contribution in [3.8, 4) is 0 Å². The van der Waals surface area contributed by atoms with Gasteiger partial charge in [-0.1, -0.05) is 25.5 Å². The molecular formula is C24H36O5. The zero-order valence-electron chi connectivity index (χ0n) is 18.3. The zero-order valence-corrected chi connectivity index (χ0v) is 18.3. The third-order valence-corrected chi connectivity index (χ3v) is 9.05. The van der Waals surface area contributed by atoms with Crippen LogP contribution < -0.4 is 0 Å². The maximum absolute atomic E-state index is 11.7. The Bertz CT molecular complexity index is 714. The van der Waals surface area contributed by atoms with Crippen LogP contribution in [-0.4, -0.2) is 35.9 Å². The van der Waals surface area contributed by atoms with E-state index >= 15 is 0 Å². The van der Waals surface area contributed by atoms with Gasteiger partial charge in [0.15, 0.2) is 0 Å². The predicted octanol–water partition coefficient (Wildman–Crippen LogP) is 4.03. The van der Waals surface area contributed by atoms with Crippen LogP contribution in [0.1, 0.15) is 72.6 Å². The molecule has 4 rings (SSSR count). The summed E-state index contributed by atoms with van der Waals surface area (Å²) in [7, 11) is 0. The van der Waals surface area contributed by atoms with Gasteiger partial charge in [0.2, 0.25) is 0 Å². The molecule has 0 amide bonds. The molecule has 29 heavy (non-hydrogen) atoms. The van der Waals surface area contributed by atoms with Crippen molar-refractivity contribution in [3.05, 3.63) is 11.6 Å². The SMILES string of the molecule is CC(=O)OC[C@@]12C(=C[C@@H](O)C[C@@H]1C)CC[C@H]1[C@@H]3CC[C@H](OC(C)=O)[C@@]3(C)CC[C@@H]12. The Kier molecular flexibility index (Phi) is 5.33. The van der Waals surface area contributed by atoms with Gasteiger partial charge >= 0.3 is 11.9 Å². The standard InChI is InChI=1S/C24H36O5/c1-14-11-18(27)12-17-5-6-19-20-7-8-22(29-16(3)26)23(20,4)10-9-21(19)24(14,17)13-28-15(2)25/h12,14,18-22,27H,5-11,13H2,1-4H3/t14-,18-,19-,20-,21-,22-,23-,24-/m0/s1. The van der Waals surface area contributed by atoms with E-state index in [1.165, 1.54) is 19.4 Å². The van der Waals surface area contributed by atoms with Crippen LogP contribution in [0.3, 0.4) is 0 Å². The lowest BCUT2D eigenvalue weighted by Crippen LogP contribution is -2.57. The second-order valence-corrected chi connectivity index (χ2v) is 10.4. The number of hydrogen-bond donors (Lipinski definition) is 1. The summed E-state index contributed by atoms with van der Waals surface area (Å²) in [5, 5.41) is 10.4. The molecule has 5 nitrogen and oxygen atoms in total. The normalized spacial score (nSPS) is 46.0. The molecule has 0 aliphatic heterocycles. The minimum absolute atomic E-state index is 0.0258. The Morgan fingerprint density at radius 3 is 2.59 bits per heavy atom. The van der Waals surface area contributed by atoms with Crippen molar-refractivity contribution in [2.45, 2.75) is 84.8 Å². The van der Waals surface area contributed by atoms with Gasteiger partial charge in [-0.15, -0.1) is 0 Å². The molecule has 0 spiro atoms. The highest BCUT2D eigenvalue weighted by molar-refractivity contribution is 5.66. The number of ether oxygens (including phenoxy) is 2. The van der Waals surface area contributed by atoms with Crippen LogP contribution in [0.5, 0.6) is 0 Å². The fourth-order valence-electron chi connectivity index (χ4n) is 7.82. The summed E-state index contributed by atoms with van der Waals surface area (Å²) >= 11 is 0. The second kappa shape index (κ2) is 7.40. The number of aliphatic hydroxyl groups is 1. The summed E-state index contributed by atoms with van der Waals surface area (Å²) in [6, 6.07) is 0. The van der Waals surface area contributed by atoms with E-state index in [-0.39, 0.29) is 34.8 Å². The molecule has 0 aromatic rings. The summed E-state index contributed by atoms with van der Waals surface area (Å²) in [4.78, 5) is 23.4. The maximum atomic E-state index is 11.7. The molecular weight excluding hydrogens is 368 g/mol. The Hall–Kier alpha value is -1.36. The number of carbonyl (C=O) groups excluding carboxylic acids is 2. The lowest BCUT2D eigenvalue weighted by atomic mass is 9.45. The van der Waals surface area contributed by atoms with Crippen molar-refractivity contribution >= 4 is 11.9 Å². The summed E-state index contributed by atoms with van der Waals surface area (Å²) in [5.41, 5.74) is 1.20. The average molecular weight is 405 g/mol. The van der Waals surface area contributed by atoms with Gasteiger partial charge in [-0.2, -0.15) is 0 Å². The number of esters is 2. The molecule has 0 aromatic carbocycles. The van der Waals surface area contributed by atoms with Crippen LogP contribution in [0, 0.1) is 34.5 Å². The fourth-order valence-corrected chi connectivity index (χ4v) is 7.82. The summed E-state index contributed by atoms with van der Waals surface area (Å²) in [6.45, 7) is 7.99. The second-order valence-electron chi connectivity index (χ2n) is 10.4. The van der Waals surface area contributed by atoms with E-state index < -0.39 is 6.10 Å². The first-order chi connectivity index (χ1) is 13.7. The molecule has 4 aliphatic rings. The fraction of sp³-hybridized carbons (Fsp3) is 0.833. The number of aliphatic hydroxyl groups excluding tert-OH is 1. The smallest absolute Gasteiger partial charge is 0.302 e. The van der Waals surface area contributed by atoms with Crippen LogP contribution in [0.2, 0.25) is 0 Å². The van der Waals surface area contributed by atoms with Gasteiger partial charge in [0, 0.05) is 24.7 Å². The highest BCUT2D eigenvalue weighted by atomic mass is 16.5. The van der Waals surface area contributed by atoms with Crippen molar-refractivity contribution in [2.75, 3.05) is 6.61 Å². The topological polar surface area (TPSA) is 72.8 Å². The molecule has 4 aliphatic carbocycles. The van der Waals surface area contributed by atoms with Crippen molar-refractivity contribution in [2.24, 2.45) is 34.5 Å². The zero-order chi connectivity index (χ0) is 21.0. The summed E-state index contributed by atoms with van der Waals surface area (Å²) < 4.78 is 11.4. The molecule has 3 saturated carbocycles. The van der Waals surface area contributed by atoms with E-state index in [9.17, 15) is 14.7 Å². The van der Waals surface area contributed by atoms with Crippen molar-refractivity contribution in [3.63, 3.8) is 0 Å². The van der Waals surface area contributed by atoms with Crippen LogP contribution in [-0.2, 0) is 19.1 Å². The lowest BCUT2D eigenvalue weighted by Gasteiger charge is -2.60. The molecule has 5 heteroatoms. The Morgan fingerprint density at radius 2 is 1.90 bits per heavy atom. The van der Waals surface area contributed by atoms with Crippen molar-refractivity contribution in [1.29, 1.82) is 0 Å². The van der Waals surface area contributed by atoms with Gasteiger partial charge < -0.3 is 14.6 Å². The van der Waals surface area contributed by atoms with Crippen LogP contribution in [0.15, 0.2) is 11.6 Å². The van der Waals surface area contributed by atoms with E-state index in [2.05, 4.69) is 19.9 Å². The summed E-state index contributed by atoms with van der Waals surface area (Å²) in [5.74, 6) is 1.43. The number of rotatable bonds is 3. The Labute approximate surface area is 174 Å². The first kappa shape index (κ1) is 20.9. The van der Waals surface area contributed by atoms with Gasteiger partial charge in [-0.3, -0.25) is 9.59 Å². The predicted molar refractivity (Wildman–Crippen MR) is 109 cm³/mol. The van der Waals surface area contributed by atoms with Gasteiger partial charge in [0.1, 0.15) is 12.7 Å². The number of fused-ring (bicyclic) bond motifs is 5. The minimum Gasteiger partial charge on any atom is -0.465 e. The van der Waals surface area contributed by atoms with E-state index in [4.69, 9.17) is 9.47 Å². The quantitative estimate of drug-likeness (QED) is 0.568. The van der Waals surface area contributed by atoms with E-state index in [0.717, 1.165) is 44.9 Å². The molecule has 0 bridgehead atoms. The van der Waals surface area contributed by atoms with Gasteiger partial charge in [-0.25, -0.2) is 0 Å². The number of hydrogen-bond acceptors (Lipinski definition) is 5. The van der Waals surface area contributed by atoms with Crippen LogP contribution in [0.4, 0.5) is 0 Å². The van der Waals surface area contributed by atoms with E-state index in [1.807, 2.05) is 0 Å². The van der Waals surface area contributed by atoms with Crippen LogP contribution >= 0.6 is 0 Å². The molecule has 1 N–H and O–H groups in total.